The first-order valence-electron chi connectivity index (χ1n) is 13.6. The van der Waals surface area contributed by atoms with Crippen LogP contribution in [0.3, 0.4) is 0 Å². The van der Waals surface area contributed by atoms with E-state index in [1.54, 1.807) is 0 Å². The van der Waals surface area contributed by atoms with Crippen LogP contribution in [-0.4, -0.2) is 23.1 Å². The summed E-state index contributed by atoms with van der Waals surface area (Å²) in [6.45, 7) is 4.28. The lowest BCUT2D eigenvalue weighted by Gasteiger charge is -2.23. The number of aliphatic carboxylic acids is 1. The molecule has 0 amide bonds. The Balaban J connectivity index is 1.54. The Labute approximate surface area is 232 Å². The second-order valence-corrected chi connectivity index (χ2v) is 10.5. The predicted octanol–water partition coefficient (Wildman–Crippen LogP) is 8.09. The molecule has 4 heteroatoms. The van der Waals surface area contributed by atoms with Gasteiger partial charge in [0.25, 0.3) is 0 Å². The fourth-order valence-corrected chi connectivity index (χ4v) is 6.28. The van der Waals surface area contributed by atoms with E-state index < -0.39 is 24.5 Å². The van der Waals surface area contributed by atoms with Gasteiger partial charge in [0, 0.05) is 12.8 Å². The average Bonchev–Trinajstić information content (AvgIpc) is 2.97. The summed E-state index contributed by atoms with van der Waals surface area (Å²) in [4.78, 5) is 24.2. The SMILES string of the molecule is Cc1c2ccccc2c(CC(Cc2c3ccccc3c(C)c3ccccc23)OC(=O)CC(=O)O)c2ccccc12. The van der Waals surface area contributed by atoms with Crippen LogP contribution < -0.4 is 0 Å². The minimum absolute atomic E-state index is 0.462. The van der Waals surface area contributed by atoms with Crippen molar-refractivity contribution in [1.82, 2.24) is 0 Å². The number of esters is 1. The highest BCUT2D eigenvalue weighted by molar-refractivity contribution is 6.07. The molecule has 0 saturated carbocycles. The summed E-state index contributed by atoms with van der Waals surface area (Å²) >= 11 is 0. The summed E-state index contributed by atoms with van der Waals surface area (Å²) in [5, 5.41) is 18.4. The van der Waals surface area contributed by atoms with Crippen molar-refractivity contribution in [2.45, 2.75) is 39.2 Å². The molecule has 198 valence electrons. The summed E-state index contributed by atoms with van der Waals surface area (Å²) in [5.41, 5.74) is 4.63. The van der Waals surface area contributed by atoms with Gasteiger partial charge in [0.2, 0.25) is 0 Å². The minimum atomic E-state index is -1.19. The number of fused-ring (bicyclic) bond motifs is 4. The van der Waals surface area contributed by atoms with Crippen LogP contribution in [0, 0.1) is 13.8 Å². The van der Waals surface area contributed by atoms with E-state index in [-0.39, 0.29) is 0 Å². The van der Waals surface area contributed by atoms with Crippen molar-refractivity contribution in [3.05, 3.63) is 119 Å². The van der Waals surface area contributed by atoms with Crippen LogP contribution in [0.15, 0.2) is 97.1 Å². The van der Waals surface area contributed by atoms with E-state index in [0.717, 1.165) is 54.2 Å². The molecule has 0 bridgehead atoms. The van der Waals surface area contributed by atoms with Gasteiger partial charge in [-0.15, -0.1) is 0 Å². The van der Waals surface area contributed by atoms with Crippen LogP contribution in [0.5, 0.6) is 0 Å². The summed E-state index contributed by atoms with van der Waals surface area (Å²) < 4.78 is 6.01. The van der Waals surface area contributed by atoms with E-state index in [0.29, 0.717) is 12.8 Å². The normalized spacial score (nSPS) is 11.6. The summed E-state index contributed by atoms with van der Waals surface area (Å²) in [5.74, 6) is -1.92. The molecule has 0 aliphatic rings. The highest BCUT2D eigenvalue weighted by atomic mass is 16.5. The van der Waals surface area contributed by atoms with Crippen LogP contribution >= 0.6 is 0 Å². The van der Waals surface area contributed by atoms with Gasteiger partial charge in [-0.1, -0.05) is 97.1 Å². The van der Waals surface area contributed by atoms with Crippen molar-refractivity contribution >= 4 is 55.0 Å². The fraction of sp³-hybridized carbons (Fsp3) is 0.167. The minimum Gasteiger partial charge on any atom is -0.481 e. The maximum Gasteiger partial charge on any atom is 0.317 e. The Bertz CT molecular complexity index is 1690. The number of carbonyl (C=O) groups excluding carboxylic acids is 1. The van der Waals surface area contributed by atoms with Gasteiger partial charge in [-0.3, -0.25) is 9.59 Å². The van der Waals surface area contributed by atoms with Gasteiger partial charge in [-0.2, -0.15) is 0 Å². The third-order valence-electron chi connectivity index (χ3n) is 8.08. The predicted molar refractivity (Wildman–Crippen MR) is 162 cm³/mol. The van der Waals surface area contributed by atoms with E-state index in [9.17, 15) is 14.7 Å². The molecule has 0 unspecified atom stereocenters. The second-order valence-electron chi connectivity index (χ2n) is 10.5. The molecule has 0 atom stereocenters. The summed E-state index contributed by atoms with van der Waals surface area (Å²) in [7, 11) is 0. The third-order valence-corrected chi connectivity index (χ3v) is 8.08. The zero-order chi connectivity index (χ0) is 27.8. The molecule has 0 spiro atoms. The Kier molecular flexibility index (Phi) is 6.69. The van der Waals surface area contributed by atoms with Crippen LogP contribution in [-0.2, 0) is 27.2 Å². The molecule has 0 saturated heterocycles. The van der Waals surface area contributed by atoms with E-state index in [1.807, 2.05) is 48.5 Å². The number of carboxylic acid groups (broad SMARTS) is 1. The number of aryl methyl sites for hydroxylation is 2. The molecular formula is C36H30O4. The highest BCUT2D eigenvalue weighted by Gasteiger charge is 2.23. The number of benzene rings is 6. The Morgan fingerprint density at radius 3 is 1.18 bits per heavy atom. The van der Waals surface area contributed by atoms with Crippen molar-refractivity contribution in [1.29, 1.82) is 0 Å². The van der Waals surface area contributed by atoms with E-state index in [4.69, 9.17) is 4.74 Å². The number of rotatable bonds is 7. The van der Waals surface area contributed by atoms with E-state index in [2.05, 4.69) is 62.4 Å². The quantitative estimate of drug-likeness (QED) is 0.130. The number of hydrogen-bond donors (Lipinski definition) is 1. The smallest absolute Gasteiger partial charge is 0.317 e. The molecule has 0 aliphatic carbocycles. The summed E-state index contributed by atoms with van der Waals surface area (Å²) in [6.07, 6.45) is -0.302. The van der Waals surface area contributed by atoms with Gasteiger partial charge in [0.15, 0.2) is 0 Å². The molecule has 6 aromatic rings. The highest BCUT2D eigenvalue weighted by Crippen LogP contribution is 2.36. The molecule has 0 heterocycles. The lowest BCUT2D eigenvalue weighted by atomic mass is 9.86. The van der Waals surface area contributed by atoms with Crippen molar-refractivity contribution in [2.75, 3.05) is 0 Å². The molecule has 6 aromatic carbocycles. The number of hydrogen-bond acceptors (Lipinski definition) is 3. The van der Waals surface area contributed by atoms with E-state index in [1.165, 1.54) is 11.1 Å². The molecule has 0 aliphatic heterocycles. The zero-order valence-electron chi connectivity index (χ0n) is 22.6. The largest absolute Gasteiger partial charge is 0.481 e. The van der Waals surface area contributed by atoms with Crippen LogP contribution in [0.4, 0.5) is 0 Å². The molecule has 1 N–H and O–H groups in total. The molecule has 0 aromatic heterocycles. The molecule has 4 nitrogen and oxygen atoms in total. The van der Waals surface area contributed by atoms with E-state index >= 15 is 0 Å². The van der Waals surface area contributed by atoms with Gasteiger partial charge in [-0.05, 0) is 79.2 Å². The zero-order valence-corrected chi connectivity index (χ0v) is 22.6. The Hall–Kier alpha value is -4.70. The van der Waals surface area contributed by atoms with Crippen molar-refractivity contribution in [3.63, 3.8) is 0 Å². The van der Waals surface area contributed by atoms with Gasteiger partial charge >= 0.3 is 11.9 Å². The molecule has 6 rings (SSSR count). The fourth-order valence-electron chi connectivity index (χ4n) is 6.28. The van der Waals surface area contributed by atoms with Gasteiger partial charge < -0.3 is 9.84 Å². The molecule has 40 heavy (non-hydrogen) atoms. The first kappa shape index (κ1) is 25.6. The maximum atomic E-state index is 12.8. The summed E-state index contributed by atoms with van der Waals surface area (Å²) in [6, 6.07) is 33.3. The third kappa shape index (κ3) is 4.56. The molecule has 0 radical (unpaired) electrons. The second kappa shape index (κ2) is 10.5. The maximum absolute atomic E-state index is 12.8. The van der Waals surface area contributed by atoms with Crippen molar-refractivity contribution < 1.29 is 19.4 Å². The van der Waals surface area contributed by atoms with Gasteiger partial charge in [0.1, 0.15) is 12.5 Å². The number of ether oxygens (including phenoxy) is 1. The van der Waals surface area contributed by atoms with Crippen LogP contribution in [0.1, 0.15) is 28.7 Å². The molecular weight excluding hydrogens is 496 g/mol. The Morgan fingerprint density at radius 2 is 0.875 bits per heavy atom. The van der Waals surface area contributed by atoms with Crippen LogP contribution in [0.25, 0.3) is 43.1 Å². The molecule has 0 fully saturated rings. The monoisotopic (exact) mass is 526 g/mol. The first-order valence-corrected chi connectivity index (χ1v) is 13.6. The lowest BCUT2D eigenvalue weighted by Crippen LogP contribution is -2.25. The standard InChI is InChI=1S/C36H30O4/c1-22-25-11-3-7-15-29(25)33(30-16-8-4-12-26(22)30)19-24(40-36(39)21-35(37)38)20-34-31-17-9-5-13-27(31)23(2)28-14-6-10-18-32(28)34/h3-18,24H,19-21H2,1-2H3,(H,37,38). The average molecular weight is 527 g/mol. The number of carboxylic acids is 1. The van der Waals surface area contributed by atoms with Crippen molar-refractivity contribution in [3.8, 4) is 0 Å². The lowest BCUT2D eigenvalue weighted by molar-refractivity contribution is -0.155. The van der Waals surface area contributed by atoms with Crippen LogP contribution in [0.2, 0.25) is 0 Å². The van der Waals surface area contributed by atoms with Gasteiger partial charge in [-0.25, -0.2) is 0 Å². The van der Waals surface area contributed by atoms with Gasteiger partial charge in [0.05, 0.1) is 0 Å². The first-order chi connectivity index (χ1) is 19.4. The topological polar surface area (TPSA) is 63.6 Å². The van der Waals surface area contributed by atoms with Crippen molar-refractivity contribution in [2.24, 2.45) is 0 Å². The Morgan fingerprint density at radius 1 is 0.575 bits per heavy atom. The number of carbonyl (C=O) groups is 2.